The van der Waals surface area contributed by atoms with Gasteiger partial charge in [-0.3, -0.25) is 14.7 Å². The first-order chi connectivity index (χ1) is 16.1. The highest BCUT2D eigenvalue weighted by molar-refractivity contribution is 7.98. The molecule has 3 aromatic carbocycles. The maximum atomic E-state index is 11.4. The molecule has 0 aliphatic rings. The number of benzene rings is 3. The third-order valence-electron chi connectivity index (χ3n) is 5.06. The highest BCUT2D eigenvalue weighted by Gasteiger charge is 2.18. The Balaban J connectivity index is 1.64. The number of nitrogens with zero attached hydrogens (tertiary/aromatic N) is 4. The lowest BCUT2D eigenvalue weighted by molar-refractivity contribution is -0.385. The first kappa shape index (κ1) is 22.3. The number of rotatable bonds is 9. The maximum Gasteiger partial charge on any atom is 0.311 e. The van der Waals surface area contributed by atoms with Crippen molar-refractivity contribution in [3.05, 3.63) is 94.0 Å². The van der Waals surface area contributed by atoms with Gasteiger partial charge in [0.05, 0.1) is 25.7 Å². The predicted octanol–water partition coefficient (Wildman–Crippen LogP) is 5.21. The van der Waals surface area contributed by atoms with Gasteiger partial charge in [-0.25, -0.2) is 0 Å². The van der Waals surface area contributed by atoms with Crippen LogP contribution in [-0.2, 0) is 12.3 Å². The van der Waals surface area contributed by atoms with E-state index in [0.717, 1.165) is 33.4 Å². The molecule has 0 saturated heterocycles. The van der Waals surface area contributed by atoms with Gasteiger partial charge in [0.1, 0.15) is 5.75 Å². The van der Waals surface area contributed by atoms with Crippen LogP contribution in [0.15, 0.2) is 78.0 Å². The van der Waals surface area contributed by atoms with Crippen molar-refractivity contribution in [2.24, 2.45) is 0 Å². The topological polar surface area (TPSA) is 92.3 Å². The molecule has 0 spiro atoms. The molecule has 0 unspecified atom stereocenters. The van der Waals surface area contributed by atoms with Crippen LogP contribution in [0.2, 0.25) is 0 Å². The van der Waals surface area contributed by atoms with Crippen molar-refractivity contribution in [2.45, 2.75) is 17.5 Å². The molecule has 1 heterocycles. The van der Waals surface area contributed by atoms with Crippen LogP contribution >= 0.6 is 11.8 Å². The number of nitro benzene ring substituents is 1. The van der Waals surface area contributed by atoms with E-state index in [1.54, 1.807) is 13.2 Å². The van der Waals surface area contributed by atoms with Gasteiger partial charge >= 0.3 is 5.69 Å². The molecule has 0 N–H and O–H groups in total. The Morgan fingerprint density at radius 3 is 2.36 bits per heavy atom. The molecule has 1 aromatic heterocycles. The van der Waals surface area contributed by atoms with Crippen LogP contribution in [0.4, 0.5) is 5.69 Å². The summed E-state index contributed by atoms with van der Waals surface area (Å²) in [6.07, 6.45) is 0. The lowest BCUT2D eigenvalue weighted by Gasteiger charge is -2.11. The lowest BCUT2D eigenvalue weighted by atomic mass is 10.2. The largest absolute Gasteiger partial charge is 0.497 e. The van der Waals surface area contributed by atoms with Crippen LogP contribution in [0.1, 0.15) is 11.1 Å². The van der Waals surface area contributed by atoms with Gasteiger partial charge in [-0.05, 0) is 41.5 Å². The van der Waals surface area contributed by atoms with E-state index in [1.165, 1.54) is 24.9 Å². The molecule has 0 bridgehead atoms. The van der Waals surface area contributed by atoms with Gasteiger partial charge in [-0.1, -0.05) is 48.2 Å². The molecular formula is C24H22N4O4S. The van der Waals surface area contributed by atoms with E-state index < -0.39 is 4.92 Å². The van der Waals surface area contributed by atoms with E-state index in [2.05, 4.69) is 26.9 Å². The van der Waals surface area contributed by atoms with E-state index >= 15 is 0 Å². The molecule has 0 saturated carbocycles. The Kier molecular flexibility index (Phi) is 6.89. The number of aromatic nitrogens is 3. The average Bonchev–Trinajstić information content (AvgIpc) is 3.25. The van der Waals surface area contributed by atoms with Gasteiger partial charge in [0, 0.05) is 17.4 Å². The summed E-state index contributed by atoms with van der Waals surface area (Å²) in [7, 11) is 3.05. The lowest BCUT2D eigenvalue weighted by Crippen LogP contribution is -2.04. The zero-order valence-corrected chi connectivity index (χ0v) is 19.0. The Morgan fingerprint density at radius 1 is 0.939 bits per heavy atom. The highest BCUT2D eigenvalue weighted by atomic mass is 32.2. The minimum absolute atomic E-state index is 0.0553. The Hall–Kier alpha value is -3.85. The number of thioether (sulfide) groups is 1. The van der Waals surface area contributed by atoms with Crippen LogP contribution in [-0.4, -0.2) is 33.9 Å². The fourth-order valence-electron chi connectivity index (χ4n) is 3.37. The molecule has 9 heteroatoms. The molecular weight excluding hydrogens is 440 g/mol. The number of hydrogen-bond donors (Lipinski definition) is 0. The Morgan fingerprint density at radius 2 is 1.70 bits per heavy atom. The number of ether oxygens (including phenoxy) is 2. The number of nitro groups is 1. The van der Waals surface area contributed by atoms with Gasteiger partial charge in [-0.2, -0.15) is 0 Å². The number of hydrogen-bond acceptors (Lipinski definition) is 7. The van der Waals surface area contributed by atoms with Crippen molar-refractivity contribution >= 4 is 17.4 Å². The zero-order chi connectivity index (χ0) is 23.2. The number of methoxy groups -OCH3 is 2. The third-order valence-corrected chi connectivity index (χ3v) is 6.09. The van der Waals surface area contributed by atoms with Crippen LogP contribution in [0.5, 0.6) is 11.5 Å². The molecule has 8 nitrogen and oxygen atoms in total. The standard InChI is InChI=1S/C24H22N4O4S/c1-31-20-11-9-19(10-12-20)23-25-26-24(27(23)15-17-6-4-3-5-7-17)33-16-18-8-13-22(32-2)21(14-18)28(29)30/h3-14H,15-16H2,1-2H3. The third kappa shape index (κ3) is 5.15. The zero-order valence-electron chi connectivity index (χ0n) is 18.2. The second-order valence-electron chi connectivity index (χ2n) is 7.16. The van der Waals surface area contributed by atoms with Crippen LogP contribution in [0, 0.1) is 10.1 Å². The molecule has 0 amide bonds. The summed E-state index contributed by atoms with van der Waals surface area (Å²) in [6, 6.07) is 22.7. The van der Waals surface area contributed by atoms with E-state index in [9.17, 15) is 10.1 Å². The van der Waals surface area contributed by atoms with Crippen molar-refractivity contribution in [2.75, 3.05) is 14.2 Å². The molecule has 0 fully saturated rings. The van der Waals surface area contributed by atoms with Crippen LogP contribution in [0.3, 0.4) is 0 Å². The Labute approximate surface area is 195 Å². The molecule has 168 valence electrons. The second kappa shape index (κ2) is 10.2. The first-order valence-electron chi connectivity index (χ1n) is 10.1. The molecule has 0 aliphatic carbocycles. The van der Waals surface area contributed by atoms with Gasteiger partial charge in [0.25, 0.3) is 0 Å². The van der Waals surface area contributed by atoms with Crippen LogP contribution in [0.25, 0.3) is 11.4 Å². The first-order valence-corrected chi connectivity index (χ1v) is 11.1. The molecule has 33 heavy (non-hydrogen) atoms. The summed E-state index contributed by atoms with van der Waals surface area (Å²) >= 11 is 1.48. The SMILES string of the molecule is COc1ccc(-c2nnc(SCc3ccc(OC)c([N+](=O)[O-])c3)n2Cc2ccccc2)cc1. The fourth-order valence-corrected chi connectivity index (χ4v) is 4.25. The minimum atomic E-state index is -0.438. The average molecular weight is 463 g/mol. The summed E-state index contributed by atoms with van der Waals surface area (Å²) in [6.45, 7) is 0.598. The molecule has 0 radical (unpaired) electrons. The minimum Gasteiger partial charge on any atom is -0.497 e. The highest BCUT2D eigenvalue weighted by Crippen LogP contribution is 2.32. The maximum absolute atomic E-state index is 11.4. The smallest absolute Gasteiger partial charge is 0.311 e. The monoisotopic (exact) mass is 462 g/mol. The van der Waals surface area contributed by atoms with Crippen molar-refractivity contribution in [3.8, 4) is 22.9 Å². The van der Waals surface area contributed by atoms with Crippen LogP contribution < -0.4 is 9.47 Å². The van der Waals surface area contributed by atoms with E-state index in [1.807, 2.05) is 48.5 Å². The summed E-state index contributed by atoms with van der Waals surface area (Å²) in [5, 5.41) is 20.9. The van der Waals surface area contributed by atoms with Gasteiger partial charge in [0.2, 0.25) is 0 Å². The normalized spacial score (nSPS) is 10.7. The summed E-state index contributed by atoms with van der Waals surface area (Å²) in [5.74, 6) is 2.25. The van der Waals surface area contributed by atoms with Crippen molar-refractivity contribution in [1.29, 1.82) is 0 Å². The predicted molar refractivity (Wildman–Crippen MR) is 127 cm³/mol. The van der Waals surface area contributed by atoms with Crippen molar-refractivity contribution in [1.82, 2.24) is 14.8 Å². The van der Waals surface area contributed by atoms with E-state index in [0.29, 0.717) is 12.3 Å². The van der Waals surface area contributed by atoms with Gasteiger partial charge in [-0.15, -0.1) is 10.2 Å². The van der Waals surface area contributed by atoms with E-state index in [-0.39, 0.29) is 11.4 Å². The fraction of sp³-hybridized carbons (Fsp3) is 0.167. The summed E-state index contributed by atoms with van der Waals surface area (Å²) in [4.78, 5) is 10.9. The van der Waals surface area contributed by atoms with Crippen molar-refractivity contribution in [3.63, 3.8) is 0 Å². The summed E-state index contributed by atoms with van der Waals surface area (Å²) < 4.78 is 12.4. The Bertz CT molecular complexity index is 1240. The molecule has 0 aliphatic heterocycles. The molecule has 0 atom stereocenters. The molecule has 4 rings (SSSR count). The van der Waals surface area contributed by atoms with Gasteiger partial charge in [0.15, 0.2) is 16.7 Å². The quantitative estimate of drug-likeness (QED) is 0.191. The second-order valence-corrected chi connectivity index (χ2v) is 8.10. The summed E-state index contributed by atoms with van der Waals surface area (Å²) in [5.41, 5.74) is 2.79. The van der Waals surface area contributed by atoms with Gasteiger partial charge < -0.3 is 9.47 Å². The van der Waals surface area contributed by atoms with E-state index in [4.69, 9.17) is 9.47 Å². The van der Waals surface area contributed by atoms with Crippen molar-refractivity contribution < 1.29 is 14.4 Å². The molecule has 4 aromatic rings.